The number of benzene rings is 5. The molecule has 9 unspecified atom stereocenters. The third kappa shape index (κ3) is 24.1. The summed E-state index contributed by atoms with van der Waals surface area (Å²) in [4.78, 5) is 165. The van der Waals surface area contributed by atoms with E-state index >= 15 is 28.8 Å². The number of fused-ring (bicyclic) bond motifs is 15. The third-order valence-corrected chi connectivity index (χ3v) is 26.0. The molecular weight excluding hydrogens is 1800 g/mol. The summed E-state index contributed by atoms with van der Waals surface area (Å²) >= 11 is 14.6. The van der Waals surface area contributed by atoms with Gasteiger partial charge in [-0.25, -0.2) is 14.4 Å². The number of aliphatic hydroxyl groups excluding tert-OH is 6. The molecule has 39 nitrogen and oxygen atoms in total. The minimum atomic E-state index is -2.44. The summed E-state index contributed by atoms with van der Waals surface area (Å²) in [7, 11) is 0. The highest BCUT2D eigenvalue weighted by atomic mass is 35.5. The Morgan fingerprint density at radius 3 is 1.83 bits per heavy atom. The lowest BCUT2D eigenvalue weighted by molar-refractivity contribution is -0.334. The maximum atomic E-state index is 16.7. The molecule has 6 fully saturated rings. The monoisotopic (exact) mass is 1920 g/mol. The molecule has 2 saturated heterocycles. The normalized spacial score (nSPS) is 29.1. The molecule has 7 aliphatic heterocycles. The maximum absolute atomic E-state index is 16.7. The summed E-state index contributed by atoms with van der Waals surface area (Å²) in [5.41, 5.74) is -0.336. The molecule has 0 radical (unpaired) electrons. The van der Waals surface area contributed by atoms with Crippen molar-refractivity contribution in [3.8, 4) is 57.1 Å². The van der Waals surface area contributed by atoms with Crippen molar-refractivity contribution in [2.24, 2.45) is 35.3 Å². The van der Waals surface area contributed by atoms with Crippen molar-refractivity contribution in [1.82, 2.24) is 53.2 Å². The van der Waals surface area contributed by atoms with E-state index in [1.807, 2.05) is 0 Å². The summed E-state index contributed by atoms with van der Waals surface area (Å²) in [6.45, 7) is 17.1. The standard InChI is InChI=1S/C94H121Cl2N11O28/c1-12-13-14-15-16-17-24-98-89(124)128-51-36-53-67(59(110)37-51)52-31-45(18-21-58(52)109)69-83(119)106-73(87(123)104-71(53)85(121)101-68-48-27-43-26-44(29-48)30-49(68)28-43)75(113)47-20-23-61(55(96)33-47)130-63-35-50-34-62(78(63)133-88-79(77(115)76(114)64(40-108)131-88)132-66-39-94(11,80(116)42(4)127-66)107-91(126)135-93(8,9)10)129-60-22-19-46(32-54(60)95)74(112)72(105-81(117)56(25-41(2)3)100-90(125)134-92(5,6)7)86(122)99-57(38-65(97)111)82(118)102-70(50)84(120)103-69/h18-23,31-37,41-44,48-49,56-57,64,66,68-77,79-80,88,108-110,112-116H,12-17,24-30,38-40H2,1-11H3,(H2,97,111)(H,98,124)(H,99,122)(H,100,125)(H,101,121)(H,102,118)(H,103,120)(H,104,123)(H,105,117)(H,106,119)(H,107,126)/t42?,43?,44?,48?,49?,56-,57+,64?,66?,68?,69-,70-,71+,72-,73+,74-,75-,76?,77?,79?,80?,88?,94?/m1/s1. The third-order valence-electron chi connectivity index (χ3n) is 25.4. The van der Waals surface area contributed by atoms with Gasteiger partial charge in [-0.05, 0) is 212 Å². The van der Waals surface area contributed by atoms with Crippen molar-refractivity contribution in [3.63, 3.8) is 0 Å². The highest BCUT2D eigenvalue weighted by molar-refractivity contribution is 6.32. The second-order valence-electron chi connectivity index (χ2n) is 38.8. The molecule has 0 aromatic heterocycles. The fourth-order valence-corrected chi connectivity index (χ4v) is 19.6. The van der Waals surface area contributed by atoms with Crippen LogP contribution in [0.3, 0.4) is 0 Å². The van der Waals surface area contributed by atoms with E-state index in [1.165, 1.54) is 32.0 Å². The van der Waals surface area contributed by atoms with Gasteiger partial charge in [-0.1, -0.05) is 94.3 Å². The van der Waals surface area contributed by atoms with Crippen LogP contribution < -0.4 is 77.8 Å². The van der Waals surface area contributed by atoms with E-state index in [1.54, 1.807) is 55.4 Å². The van der Waals surface area contributed by atoms with Crippen molar-refractivity contribution in [2.75, 3.05) is 13.2 Å². The summed E-state index contributed by atoms with van der Waals surface area (Å²) < 4.78 is 56.3. The first-order valence-corrected chi connectivity index (χ1v) is 46.3. The molecule has 4 aliphatic carbocycles. The number of aliphatic hydroxyl groups is 6. The summed E-state index contributed by atoms with van der Waals surface area (Å²) in [6.07, 6.45) is -13.9. The first-order chi connectivity index (χ1) is 63.7. The zero-order valence-corrected chi connectivity index (χ0v) is 78.2. The van der Waals surface area contributed by atoms with E-state index in [4.69, 9.17) is 71.6 Å². The van der Waals surface area contributed by atoms with Crippen LogP contribution in [0.15, 0.2) is 78.9 Å². The molecule has 5 aromatic rings. The number of primary amides is 1. The van der Waals surface area contributed by atoms with E-state index in [-0.39, 0.29) is 64.3 Å². The molecule has 11 amide bonds. The molecule has 18 atom stereocenters. The number of rotatable bonds is 23. The predicted molar refractivity (Wildman–Crippen MR) is 482 cm³/mol. The van der Waals surface area contributed by atoms with E-state index in [2.05, 4.69) is 60.1 Å². The number of carbonyl (C=O) groups excluding carboxylic acids is 11. The second-order valence-corrected chi connectivity index (χ2v) is 39.6. The zero-order chi connectivity index (χ0) is 97.9. The summed E-state index contributed by atoms with van der Waals surface area (Å²) in [5.74, 6) is -14.5. The van der Waals surface area contributed by atoms with E-state index < -0.39 is 273 Å². The number of carbonyl (C=O) groups is 11. The molecule has 0 spiro atoms. The molecule has 20 N–H and O–H groups in total. The number of amides is 11. The topological polar surface area (TPSA) is 579 Å². The lowest BCUT2D eigenvalue weighted by atomic mass is 9.54. The average molecular weight is 1920 g/mol. The fourth-order valence-electron chi connectivity index (χ4n) is 19.2. The molecule has 16 rings (SSSR count). The first kappa shape index (κ1) is 101. The molecule has 135 heavy (non-hydrogen) atoms. The lowest BCUT2D eigenvalue weighted by Gasteiger charge is -2.54. The number of alkyl carbamates (subject to hydrolysis) is 2. The summed E-state index contributed by atoms with van der Waals surface area (Å²) in [6, 6.07) is -0.943. The number of hydrogen-bond donors (Lipinski definition) is 19. The Balaban J connectivity index is 1.00. The smallest absolute Gasteiger partial charge is 0.412 e. The molecule has 15 bridgehead atoms. The van der Waals surface area contributed by atoms with Crippen molar-refractivity contribution in [3.05, 3.63) is 117 Å². The molecule has 7 heterocycles. The number of unbranched alkanes of at least 4 members (excludes halogenated alkanes) is 5. The van der Waals surface area contributed by atoms with Crippen LogP contribution in [0.2, 0.25) is 10.0 Å². The summed E-state index contributed by atoms with van der Waals surface area (Å²) in [5, 5.41) is 123. The minimum Gasteiger partial charge on any atom is -0.507 e. The molecule has 41 heteroatoms. The Labute approximate surface area is 789 Å². The van der Waals surface area contributed by atoms with Crippen LogP contribution in [0.5, 0.6) is 46.0 Å². The van der Waals surface area contributed by atoms with Gasteiger partial charge in [-0.15, -0.1) is 0 Å². The van der Waals surface area contributed by atoms with E-state index in [0.717, 1.165) is 125 Å². The Morgan fingerprint density at radius 2 is 1.22 bits per heavy atom. The quantitative estimate of drug-likeness (QED) is 0.0280. The number of nitrogens with two attached hydrogens (primary N) is 1. The van der Waals surface area contributed by atoms with Crippen LogP contribution >= 0.6 is 23.2 Å². The first-order valence-electron chi connectivity index (χ1n) is 45.6. The molecular formula is C94H121Cl2N11O28. The van der Waals surface area contributed by atoms with Gasteiger partial charge in [0.05, 0.1) is 34.7 Å². The zero-order valence-electron chi connectivity index (χ0n) is 76.7. The number of hydrogen-bond acceptors (Lipinski definition) is 28. The number of phenols is 2. The lowest BCUT2D eigenvalue weighted by Crippen LogP contribution is -2.66. The number of halogens is 2. The number of aromatic hydroxyl groups is 2. The van der Waals surface area contributed by atoms with Crippen molar-refractivity contribution < 1.29 is 136 Å². The number of ether oxygens (including phenoxy) is 9. The van der Waals surface area contributed by atoms with Crippen LogP contribution in [-0.4, -0.2) is 216 Å². The maximum Gasteiger partial charge on any atom is 0.412 e. The van der Waals surface area contributed by atoms with Crippen molar-refractivity contribution in [1.29, 1.82) is 0 Å². The van der Waals surface area contributed by atoms with Crippen molar-refractivity contribution >= 4 is 88.7 Å². The molecule has 734 valence electrons. The number of phenolic OH excluding ortho intramolecular Hbond substituents is 2. The molecule has 11 aliphatic rings. The van der Waals surface area contributed by atoms with E-state index in [0.29, 0.717) is 18.3 Å². The van der Waals surface area contributed by atoms with Gasteiger partial charge in [0.2, 0.25) is 59.3 Å². The van der Waals surface area contributed by atoms with Gasteiger partial charge in [0.1, 0.15) is 119 Å². The van der Waals surface area contributed by atoms with Gasteiger partial charge in [0.25, 0.3) is 0 Å². The van der Waals surface area contributed by atoms with Crippen LogP contribution in [0.25, 0.3) is 11.1 Å². The van der Waals surface area contributed by atoms with Crippen molar-refractivity contribution in [2.45, 2.75) is 293 Å². The fraction of sp³-hybridized carbons (Fsp3) is 0.564. The van der Waals surface area contributed by atoms with Gasteiger partial charge >= 0.3 is 18.3 Å². The van der Waals surface area contributed by atoms with Crippen LogP contribution in [-0.2, 0) is 62.0 Å². The Kier molecular flexibility index (Phi) is 31.7. The van der Waals surface area contributed by atoms with Crippen LogP contribution in [0, 0.1) is 29.6 Å². The van der Waals surface area contributed by atoms with Gasteiger partial charge in [-0.2, -0.15) is 0 Å². The molecule has 5 aromatic carbocycles. The average Bonchev–Trinajstić information content (AvgIpc) is 0.755. The second kappa shape index (κ2) is 42.2. The highest BCUT2D eigenvalue weighted by Crippen LogP contribution is 2.55. The van der Waals surface area contributed by atoms with Gasteiger partial charge in [-0.3, -0.25) is 38.4 Å². The van der Waals surface area contributed by atoms with Gasteiger partial charge < -0.3 is 142 Å². The largest absolute Gasteiger partial charge is 0.507 e. The predicted octanol–water partition coefficient (Wildman–Crippen LogP) is 7.58. The number of nitrogens with one attached hydrogen (secondary N) is 10. The highest BCUT2D eigenvalue weighted by Gasteiger charge is 2.55. The SMILES string of the molecule is CCCCCCCCNC(=O)Oc1cc(O)c2c(c1)[C@@H](C(=O)NC1C3CC4CC(C3)CC1C4)NC(=O)[C@H]1NC(=O)[C@H](NC(=O)[C@@H]3NC(=O)[C@H](CC(N)=O)NC(=O)[C@H](NC(=O)[C@@H](CC(C)C)NC(=O)OC(C)(C)C)[C@H](O)c4ccc(c(Cl)c4)Oc4cc3cc(c4OC3OC(CO)C(O)C(O)C3OC3CC(C)(NC(=O)OC(C)(C)C)C(O)C(C)O3)Oc3ccc(cc3Cl)[C@H]1O)c1ccc(O)c-2c1. The van der Waals surface area contributed by atoms with Crippen LogP contribution in [0.1, 0.15) is 224 Å². The van der Waals surface area contributed by atoms with E-state index in [9.17, 15) is 64.8 Å². The Morgan fingerprint density at radius 1 is 0.630 bits per heavy atom. The Hall–Kier alpha value is -11.1. The molecule has 4 saturated carbocycles. The van der Waals surface area contributed by atoms with Gasteiger partial charge in [0.15, 0.2) is 23.9 Å². The Bertz CT molecular complexity index is 5260. The van der Waals surface area contributed by atoms with Crippen LogP contribution in [0.4, 0.5) is 14.4 Å². The minimum absolute atomic E-state index is 0.0128. The van der Waals surface area contributed by atoms with Gasteiger partial charge in [0, 0.05) is 36.2 Å².